The number of aromatic amines is 1. The molecule has 4 heteroatoms. The third-order valence-corrected chi connectivity index (χ3v) is 4.84. The van der Waals surface area contributed by atoms with E-state index in [2.05, 4.69) is 35.1 Å². The molecular weight excluding hydrogens is 248 g/mol. The van der Waals surface area contributed by atoms with Crippen LogP contribution in [0.2, 0.25) is 0 Å². The van der Waals surface area contributed by atoms with Gasteiger partial charge < -0.3 is 10.7 Å². The maximum absolute atomic E-state index is 5.83. The molecule has 2 unspecified atom stereocenters. The normalized spacial score (nSPS) is 27.5. The fraction of sp³-hybridized carbons (Fsp3) is 0.562. The largest absolute Gasteiger partial charge is 0.342 e. The molecule has 2 heterocycles. The molecule has 0 bridgehead atoms. The minimum atomic E-state index is 0.501. The number of hydrogen-bond acceptors (Lipinski definition) is 3. The van der Waals surface area contributed by atoms with E-state index in [1.165, 1.54) is 36.2 Å². The molecule has 106 valence electrons. The predicted octanol–water partition coefficient (Wildman–Crippen LogP) is 2.39. The Morgan fingerprint density at radius 2 is 2.25 bits per heavy atom. The molecule has 1 aliphatic carbocycles. The zero-order valence-corrected chi connectivity index (χ0v) is 12.0. The van der Waals surface area contributed by atoms with Crippen LogP contribution < -0.4 is 5.73 Å². The molecule has 0 spiro atoms. The molecule has 2 fully saturated rings. The van der Waals surface area contributed by atoms with Crippen molar-refractivity contribution in [2.75, 3.05) is 20.1 Å². The van der Waals surface area contributed by atoms with E-state index < -0.39 is 0 Å². The smallest absolute Gasteiger partial charge is 0.110 e. The summed E-state index contributed by atoms with van der Waals surface area (Å²) in [5.41, 5.74) is 9.51. The van der Waals surface area contributed by atoms with E-state index in [1.807, 2.05) is 0 Å². The van der Waals surface area contributed by atoms with E-state index in [1.54, 1.807) is 0 Å². The Labute approximate surface area is 119 Å². The van der Waals surface area contributed by atoms with Crippen LogP contribution in [0.5, 0.6) is 0 Å². The van der Waals surface area contributed by atoms with Crippen molar-refractivity contribution in [2.24, 2.45) is 11.7 Å². The first kappa shape index (κ1) is 12.4. The van der Waals surface area contributed by atoms with Crippen LogP contribution in [-0.2, 0) is 0 Å². The first-order chi connectivity index (χ1) is 9.74. The van der Waals surface area contributed by atoms with Gasteiger partial charge in [-0.1, -0.05) is 6.07 Å². The minimum absolute atomic E-state index is 0.501. The Bertz CT molecular complexity index is 628. The van der Waals surface area contributed by atoms with Gasteiger partial charge in [0.1, 0.15) is 5.82 Å². The SMILES string of the molecule is CN1CC(CN)CC1c1ccc2nc(C3CC3)[nH]c2c1. The number of rotatable bonds is 3. The van der Waals surface area contributed by atoms with Crippen molar-refractivity contribution in [2.45, 2.75) is 31.2 Å². The zero-order chi connectivity index (χ0) is 13.7. The number of nitrogens with two attached hydrogens (primary N) is 1. The number of nitrogens with zero attached hydrogens (tertiary/aromatic N) is 2. The van der Waals surface area contributed by atoms with Gasteiger partial charge in [0.2, 0.25) is 0 Å². The summed E-state index contributed by atoms with van der Waals surface area (Å²) in [6.45, 7) is 1.90. The van der Waals surface area contributed by atoms with Gasteiger partial charge in [0.05, 0.1) is 11.0 Å². The molecule has 2 atom stereocenters. The fourth-order valence-corrected chi connectivity index (χ4v) is 3.47. The lowest BCUT2D eigenvalue weighted by molar-refractivity contribution is 0.314. The second-order valence-corrected chi connectivity index (χ2v) is 6.47. The Morgan fingerprint density at radius 3 is 2.95 bits per heavy atom. The molecule has 3 N–H and O–H groups in total. The summed E-state index contributed by atoms with van der Waals surface area (Å²) in [5.74, 6) is 2.49. The van der Waals surface area contributed by atoms with Crippen LogP contribution in [-0.4, -0.2) is 35.0 Å². The van der Waals surface area contributed by atoms with Crippen molar-refractivity contribution in [3.8, 4) is 0 Å². The molecular formula is C16H22N4. The van der Waals surface area contributed by atoms with E-state index in [-0.39, 0.29) is 0 Å². The quantitative estimate of drug-likeness (QED) is 0.900. The molecule has 1 saturated carbocycles. The maximum Gasteiger partial charge on any atom is 0.110 e. The number of H-pyrrole nitrogens is 1. The lowest BCUT2D eigenvalue weighted by atomic mass is 9.99. The van der Waals surface area contributed by atoms with Gasteiger partial charge in [0.15, 0.2) is 0 Å². The average Bonchev–Trinajstić information content (AvgIpc) is 3.11. The summed E-state index contributed by atoms with van der Waals surface area (Å²) in [7, 11) is 2.20. The van der Waals surface area contributed by atoms with Gasteiger partial charge in [-0.2, -0.15) is 0 Å². The second kappa shape index (κ2) is 4.57. The first-order valence-corrected chi connectivity index (χ1v) is 7.64. The number of likely N-dealkylation sites (tertiary alicyclic amines) is 1. The van der Waals surface area contributed by atoms with Crippen LogP contribution in [0.25, 0.3) is 11.0 Å². The molecule has 20 heavy (non-hydrogen) atoms. The van der Waals surface area contributed by atoms with Crippen LogP contribution in [0.4, 0.5) is 0 Å². The average molecular weight is 270 g/mol. The Kier molecular flexibility index (Phi) is 2.82. The van der Waals surface area contributed by atoms with Gasteiger partial charge in [-0.15, -0.1) is 0 Å². The Morgan fingerprint density at radius 1 is 1.40 bits per heavy atom. The number of nitrogens with one attached hydrogen (secondary N) is 1. The maximum atomic E-state index is 5.83. The van der Waals surface area contributed by atoms with Crippen molar-refractivity contribution < 1.29 is 0 Å². The molecule has 4 nitrogen and oxygen atoms in total. The number of aromatic nitrogens is 2. The first-order valence-electron chi connectivity index (χ1n) is 7.64. The van der Waals surface area contributed by atoms with Crippen LogP contribution in [0, 0.1) is 5.92 Å². The van der Waals surface area contributed by atoms with Crippen molar-refractivity contribution in [3.05, 3.63) is 29.6 Å². The number of benzene rings is 1. The molecule has 1 aliphatic heterocycles. The fourth-order valence-electron chi connectivity index (χ4n) is 3.47. The molecule has 1 aromatic heterocycles. The Hall–Kier alpha value is -1.39. The molecule has 2 aromatic rings. The molecule has 0 amide bonds. The second-order valence-electron chi connectivity index (χ2n) is 6.47. The van der Waals surface area contributed by atoms with E-state index in [9.17, 15) is 0 Å². The molecule has 2 aliphatic rings. The molecule has 1 saturated heterocycles. The zero-order valence-electron chi connectivity index (χ0n) is 12.0. The highest BCUT2D eigenvalue weighted by Gasteiger charge is 2.30. The van der Waals surface area contributed by atoms with Crippen LogP contribution in [0.15, 0.2) is 18.2 Å². The van der Waals surface area contributed by atoms with Crippen molar-refractivity contribution in [1.29, 1.82) is 0 Å². The van der Waals surface area contributed by atoms with E-state index in [4.69, 9.17) is 10.7 Å². The van der Waals surface area contributed by atoms with Crippen molar-refractivity contribution >= 4 is 11.0 Å². The summed E-state index contributed by atoms with van der Waals surface area (Å²) < 4.78 is 0. The van der Waals surface area contributed by atoms with Crippen molar-refractivity contribution in [3.63, 3.8) is 0 Å². The number of fused-ring (bicyclic) bond motifs is 1. The van der Waals surface area contributed by atoms with Crippen LogP contribution in [0.3, 0.4) is 0 Å². The number of imidazole rings is 1. The predicted molar refractivity (Wildman–Crippen MR) is 80.6 cm³/mol. The highest BCUT2D eigenvalue weighted by Crippen LogP contribution is 2.40. The standard InChI is InChI=1S/C16H22N4/c1-20-9-10(8-17)6-15(20)12-4-5-13-14(7-12)19-16(18-13)11-2-3-11/h4-5,7,10-11,15H,2-3,6,8-9,17H2,1H3,(H,18,19). The third-order valence-electron chi connectivity index (χ3n) is 4.84. The summed E-state index contributed by atoms with van der Waals surface area (Å²) >= 11 is 0. The summed E-state index contributed by atoms with van der Waals surface area (Å²) in [4.78, 5) is 10.6. The molecule has 4 rings (SSSR count). The third kappa shape index (κ3) is 2.03. The van der Waals surface area contributed by atoms with Crippen LogP contribution in [0.1, 0.15) is 42.6 Å². The van der Waals surface area contributed by atoms with E-state index in [0.717, 1.165) is 18.6 Å². The summed E-state index contributed by atoms with van der Waals surface area (Å²) in [6, 6.07) is 7.19. The summed E-state index contributed by atoms with van der Waals surface area (Å²) in [6.07, 6.45) is 3.74. The van der Waals surface area contributed by atoms with E-state index in [0.29, 0.717) is 17.9 Å². The van der Waals surface area contributed by atoms with Gasteiger partial charge in [0.25, 0.3) is 0 Å². The monoisotopic (exact) mass is 270 g/mol. The van der Waals surface area contributed by atoms with E-state index >= 15 is 0 Å². The van der Waals surface area contributed by atoms with Gasteiger partial charge in [-0.25, -0.2) is 4.98 Å². The van der Waals surface area contributed by atoms with Gasteiger partial charge in [-0.05, 0) is 56.5 Å². The van der Waals surface area contributed by atoms with Crippen molar-refractivity contribution in [1.82, 2.24) is 14.9 Å². The van der Waals surface area contributed by atoms with Gasteiger partial charge in [-0.3, -0.25) is 4.90 Å². The molecule has 1 aromatic carbocycles. The molecule has 0 radical (unpaired) electrons. The summed E-state index contributed by atoms with van der Waals surface area (Å²) in [5, 5.41) is 0. The highest BCUT2D eigenvalue weighted by molar-refractivity contribution is 5.76. The minimum Gasteiger partial charge on any atom is -0.342 e. The highest BCUT2D eigenvalue weighted by atomic mass is 15.2. The van der Waals surface area contributed by atoms with Gasteiger partial charge >= 0.3 is 0 Å². The van der Waals surface area contributed by atoms with Crippen LogP contribution >= 0.6 is 0 Å². The lowest BCUT2D eigenvalue weighted by Gasteiger charge is -2.19. The van der Waals surface area contributed by atoms with Gasteiger partial charge in [0, 0.05) is 18.5 Å². The Balaban J connectivity index is 1.66. The lowest BCUT2D eigenvalue weighted by Crippen LogP contribution is -2.20. The number of hydrogen-bond donors (Lipinski definition) is 2. The topological polar surface area (TPSA) is 57.9 Å².